The van der Waals surface area contributed by atoms with Crippen LogP contribution < -0.4 is 15.8 Å². The average molecular weight is 243 g/mol. The van der Waals surface area contributed by atoms with Crippen molar-refractivity contribution in [2.75, 3.05) is 13.7 Å². The zero-order valence-electron chi connectivity index (χ0n) is 9.29. The molecule has 16 heavy (non-hydrogen) atoms. The lowest BCUT2D eigenvalue weighted by molar-refractivity contribution is -0.119. The predicted octanol–water partition coefficient (Wildman–Crippen LogP) is 1.48. The number of nitrogens with one attached hydrogen (secondary N) is 1. The molecule has 1 atom stereocenters. The molecular formula is C11H15ClN2O2. The molecule has 1 unspecified atom stereocenters. The van der Waals surface area contributed by atoms with E-state index in [0.717, 1.165) is 5.56 Å². The lowest BCUT2D eigenvalue weighted by Crippen LogP contribution is -2.20. The Morgan fingerprint density at radius 3 is 2.81 bits per heavy atom. The van der Waals surface area contributed by atoms with E-state index in [0.29, 0.717) is 10.8 Å². The number of ether oxygens (including phenoxy) is 1. The molecule has 0 saturated carbocycles. The summed E-state index contributed by atoms with van der Waals surface area (Å²) in [5, 5.41) is 3.58. The van der Waals surface area contributed by atoms with Gasteiger partial charge in [0.25, 0.3) is 5.91 Å². The Hall–Kier alpha value is -1.26. The van der Waals surface area contributed by atoms with Crippen molar-refractivity contribution < 1.29 is 9.53 Å². The summed E-state index contributed by atoms with van der Waals surface area (Å²) in [7, 11) is 1.87. The molecule has 1 amide bonds. The van der Waals surface area contributed by atoms with Gasteiger partial charge in [0.15, 0.2) is 6.61 Å². The Balaban J connectivity index is 2.79. The van der Waals surface area contributed by atoms with E-state index in [4.69, 9.17) is 22.1 Å². The Labute approximate surface area is 99.7 Å². The number of amides is 1. The van der Waals surface area contributed by atoms with Crippen molar-refractivity contribution in [1.82, 2.24) is 5.32 Å². The van der Waals surface area contributed by atoms with Crippen LogP contribution in [0.25, 0.3) is 0 Å². The monoisotopic (exact) mass is 242 g/mol. The maximum atomic E-state index is 10.5. The maximum absolute atomic E-state index is 10.5. The van der Waals surface area contributed by atoms with Crippen LogP contribution in [0.4, 0.5) is 0 Å². The Bertz CT molecular complexity index is 382. The SMILES string of the molecule is CNC(C)c1ccc(OCC(N)=O)c(Cl)c1. The van der Waals surface area contributed by atoms with Gasteiger partial charge in [-0.2, -0.15) is 0 Å². The van der Waals surface area contributed by atoms with Gasteiger partial charge in [-0.15, -0.1) is 0 Å². The minimum absolute atomic E-state index is 0.166. The van der Waals surface area contributed by atoms with E-state index in [-0.39, 0.29) is 12.6 Å². The summed E-state index contributed by atoms with van der Waals surface area (Å²) in [6, 6.07) is 5.64. The second-order valence-electron chi connectivity index (χ2n) is 3.46. The van der Waals surface area contributed by atoms with E-state index >= 15 is 0 Å². The van der Waals surface area contributed by atoms with Crippen molar-refractivity contribution in [1.29, 1.82) is 0 Å². The van der Waals surface area contributed by atoms with Crippen LogP contribution in [0.3, 0.4) is 0 Å². The lowest BCUT2D eigenvalue weighted by atomic mass is 10.1. The highest BCUT2D eigenvalue weighted by Gasteiger charge is 2.07. The molecule has 3 N–H and O–H groups in total. The number of rotatable bonds is 5. The molecule has 4 nitrogen and oxygen atoms in total. The third kappa shape index (κ3) is 3.40. The molecule has 0 aliphatic heterocycles. The molecule has 1 aromatic rings. The van der Waals surface area contributed by atoms with Crippen molar-refractivity contribution in [3.63, 3.8) is 0 Å². The molecule has 1 aromatic carbocycles. The van der Waals surface area contributed by atoms with Crippen LogP contribution in [0.15, 0.2) is 18.2 Å². The fourth-order valence-electron chi connectivity index (χ4n) is 1.22. The highest BCUT2D eigenvalue weighted by Crippen LogP contribution is 2.27. The predicted molar refractivity (Wildman–Crippen MR) is 63.6 cm³/mol. The Morgan fingerprint density at radius 1 is 1.62 bits per heavy atom. The smallest absolute Gasteiger partial charge is 0.255 e. The summed E-state index contributed by atoms with van der Waals surface area (Å²) in [5.74, 6) is -0.0590. The van der Waals surface area contributed by atoms with Gasteiger partial charge in [0, 0.05) is 6.04 Å². The topological polar surface area (TPSA) is 64.3 Å². The minimum atomic E-state index is -0.524. The van der Waals surface area contributed by atoms with E-state index < -0.39 is 5.91 Å². The summed E-state index contributed by atoms with van der Waals surface area (Å²) < 4.78 is 5.14. The molecule has 0 radical (unpaired) electrons. The first kappa shape index (κ1) is 12.8. The first-order valence-electron chi connectivity index (χ1n) is 4.92. The van der Waals surface area contributed by atoms with Gasteiger partial charge in [-0.25, -0.2) is 0 Å². The number of carbonyl (C=O) groups is 1. The van der Waals surface area contributed by atoms with Gasteiger partial charge >= 0.3 is 0 Å². The molecular weight excluding hydrogens is 228 g/mol. The molecule has 88 valence electrons. The van der Waals surface area contributed by atoms with Crippen molar-refractivity contribution in [3.05, 3.63) is 28.8 Å². The van der Waals surface area contributed by atoms with Crippen LogP contribution in [-0.4, -0.2) is 19.6 Å². The van der Waals surface area contributed by atoms with Gasteiger partial charge < -0.3 is 15.8 Å². The molecule has 0 spiro atoms. The van der Waals surface area contributed by atoms with Gasteiger partial charge in [0.2, 0.25) is 0 Å². The first-order valence-corrected chi connectivity index (χ1v) is 5.30. The number of benzene rings is 1. The van der Waals surface area contributed by atoms with Gasteiger partial charge in [0.05, 0.1) is 5.02 Å². The molecule has 0 saturated heterocycles. The molecule has 0 heterocycles. The second-order valence-corrected chi connectivity index (χ2v) is 3.86. The summed E-state index contributed by atoms with van der Waals surface area (Å²) in [6.07, 6.45) is 0. The first-order chi connectivity index (χ1) is 7.54. The molecule has 5 heteroatoms. The molecule has 0 aliphatic carbocycles. The normalized spacial score (nSPS) is 12.2. The number of halogens is 1. The van der Waals surface area contributed by atoms with Crippen molar-refractivity contribution in [3.8, 4) is 5.75 Å². The number of primary amides is 1. The summed E-state index contributed by atoms with van der Waals surface area (Å²) in [6.45, 7) is 1.86. The number of carbonyl (C=O) groups excluding carboxylic acids is 1. The Morgan fingerprint density at radius 2 is 2.31 bits per heavy atom. The third-order valence-corrected chi connectivity index (χ3v) is 2.55. The molecule has 0 aromatic heterocycles. The van der Waals surface area contributed by atoms with E-state index in [2.05, 4.69) is 5.32 Å². The number of hydrogen-bond donors (Lipinski definition) is 2. The quantitative estimate of drug-likeness (QED) is 0.822. The van der Waals surface area contributed by atoms with E-state index in [1.165, 1.54) is 0 Å². The van der Waals surface area contributed by atoms with Gasteiger partial charge in [0.1, 0.15) is 5.75 Å². The zero-order valence-corrected chi connectivity index (χ0v) is 10.0. The largest absolute Gasteiger partial charge is 0.482 e. The van der Waals surface area contributed by atoms with Gasteiger partial charge in [-0.3, -0.25) is 4.79 Å². The van der Waals surface area contributed by atoms with Crippen molar-refractivity contribution in [2.45, 2.75) is 13.0 Å². The van der Waals surface area contributed by atoms with Crippen LogP contribution in [0.5, 0.6) is 5.75 Å². The minimum Gasteiger partial charge on any atom is -0.482 e. The van der Waals surface area contributed by atoms with E-state index in [1.807, 2.05) is 20.0 Å². The van der Waals surface area contributed by atoms with E-state index in [1.54, 1.807) is 12.1 Å². The molecule has 0 fully saturated rings. The maximum Gasteiger partial charge on any atom is 0.255 e. The van der Waals surface area contributed by atoms with Crippen LogP contribution in [0.2, 0.25) is 5.02 Å². The van der Waals surface area contributed by atoms with Crippen molar-refractivity contribution >= 4 is 17.5 Å². The van der Waals surface area contributed by atoms with Gasteiger partial charge in [-0.1, -0.05) is 17.7 Å². The summed E-state index contributed by atoms with van der Waals surface area (Å²) >= 11 is 6.01. The fourth-order valence-corrected chi connectivity index (χ4v) is 1.46. The van der Waals surface area contributed by atoms with Crippen LogP contribution >= 0.6 is 11.6 Å². The molecule has 0 aliphatic rings. The fraction of sp³-hybridized carbons (Fsp3) is 0.364. The second kappa shape index (κ2) is 5.72. The average Bonchev–Trinajstić information content (AvgIpc) is 2.26. The highest BCUT2D eigenvalue weighted by atomic mass is 35.5. The van der Waals surface area contributed by atoms with Gasteiger partial charge in [-0.05, 0) is 31.7 Å². The van der Waals surface area contributed by atoms with Crippen molar-refractivity contribution in [2.24, 2.45) is 5.73 Å². The lowest BCUT2D eigenvalue weighted by Gasteiger charge is -2.12. The molecule has 0 bridgehead atoms. The number of hydrogen-bond acceptors (Lipinski definition) is 3. The van der Waals surface area contributed by atoms with Crippen LogP contribution in [0.1, 0.15) is 18.5 Å². The standard InChI is InChI=1S/C11H15ClN2O2/c1-7(14-2)8-3-4-10(9(12)5-8)16-6-11(13)15/h3-5,7,14H,6H2,1-2H3,(H2,13,15). The molecule has 1 rings (SSSR count). The van der Waals surface area contributed by atoms with Crippen LogP contribution in [-0.2, 0) is 4.79 Å². The highest BCUT2D eigenvalue weighted by molar-refractivity contribution is 6.32. The summed E-state index contributed by atoms with van der Waals surface area (Å²) in [4.78, 5) is 10.5. The number of nitrogens with two attached hydrogens (primary N) is 1. The van der Waals surface area contributed by atoms with Crippen LogP contribution in [0, 0.1) is 0 Å². The zero-order chi connectivity index (χ0) is 12.1. The van der Waals surface area contributed by atoms with E-state index in [9.17, 15) is 4.79 Å². The Kier molecular flexibility index (Phi) is 4.58. The third-order valence-electron chi connectivity index (χ3n) is 2.26. The summed E-state index contributed by atoms with van der Waals surface area (Å²) in [5.41, 5.74) is 6.03.